The summed E-state index contributed by atoms with van der Waals surface area (Å²) in [6.07, 6.45) is 2.46. The van der Waals surface area contributed by atoms with E-state index in [1.807, 2.05) is 41.0 Å². The number of aryl methyl sites for hydroxylation is 1. The molecule has 0 saturated carbocycles. The summed E-state index contributed by atoms with van der Waals surface area (Å²) in [5.74, 6) is -0.786. The average Bonchev–Trinajstić information content (AvgIpc) is 3.17. The molecule has 0 bridgehead atoms. The molecule has 0 spiro atoms. The summed E-state index contributed by atoms with van der Waals surface area (Å²) >= 11 is 0. The van der Waals surface area contributed by atoms with Crippen LogP contribution in [0, 0.1) is 5.82 Å². The summed E-state index contributed by atoms with van der Waals surface area (Å²) in [6.45, 7) is 0.769. The molecule has 2 aliphatic heterocycles. The lowest BCUT2D eigenvalue weighted by Gasteiger charge is -2.36. The molecular weight excluding hydrogens is 412 g/mol. The van der Waals surface area contributed by atoms with Gasteiger partial charge in [0.05, 0.1) is 29.0 Å². The Kier molecular flexibility index (Phi) is 5.22. The van der Waals surface area contributed by atoms with E-state index in [9.17, 15) is 8.78 Å². The summed E-state index contributed by atoms with van der Waals surface area (Å²) in [4.78, 5) is 11.4. The second-order valence-corrected chi connectivity index (χ2v) is 8.42. The van der Waals surface area contributed by atoms with Crippen LogP contribution in [-0.2, 0) is 7.05 Å². The third-order valence-corrected chi connectivity index (χ3v) is 6.29. The zero-order chi connectivity index (χ0) is 22.4. The van der Waals surface area contributed by atoms with Crippen molar-refractivity contribution in [2.24, 2.45) is 22.8 Å². The number of anilines is 1. The number of alkyl halides is 1. The van der Waals surface area contributed by atoms with Gasteiger partial charge in [0, 0.05) is 37.8 Å². The predicted molar refractivity (Wildman–Crippen MR) is 122 cm³/mol. The highest BCUT2D eigenvalue weighted by Crippen LogP contribution is 2.29. The summed E-state index contributed by atoms with van der Waals surface area (Å²) in [5.41, 5.74) is 14.9. The smallest absolute Gasteiger partial charge is 0.196 e. The maximum absolute atomic E-state index is 14.3. The van der Waals surface area contributed by atoms with Crippen molar-refractivity contribution < 1.29 is 8.78 Å². The van der Waals surface area contributed by atoms with Crippen molar-refractivity contribution in [3.63, 3.8) is 0 Å². The van der Waals surface area contributed by atoms with Gasteiger partial charge in [0.25, 0.3) is 0 Å². The normalized spacial score (nSPS) is 26.4. The zero-order valence-electron chi connectivity index (χ0n) is 17.7. The Balaban J connectivity index is 1.55. The molecule has 3 heterocycles. The topological polar surface area (TPSA) is 97.8 Å². The van der Waals surface area contributed by atoms with E-state index in [4.69, 9.17) is 16.5 Å². The summed E-state index contributed by atoms with van der Waals surface area (Å²) < 4.78 is 30.4. The van der Waals surface area contributed by atoms with Gasteiger partial charge in [-0.05, 0) is 41.8 Å². The lowest BCUT2D eigenvalue weighted by atomic mass is 9.89. The molecule has 0 aliphatic carbocycles. The summed E-state index contributed by atoms with van der Waals surface area (Å²) in [7, 11) is 1.89. The number of rotatable bonds is 3. The molecule has 7 nitrogen and oxygen atoms in total. The number of nitrogen functional groups attached to an aromatic ring is 1. The number of hydrogen-bond acceptors (Lipinski definition) is 6. The van der Waals surface area contributed by atoms with Gasteiger partial charge in [-0.2, -0.15) is 5.10 Å². The van der Waals surface area contributed by atoms with Gasteiger partial charge in [-0.15, -0.1) is 0 Å². The molecule has 1 saturated heterocycles. The molecule has 5 rings (SSSR count). The van der Waals surface area contributed by atoms with Crippen molar-refractivity contribution in [2.75, 3.05) is 18.8 Å². The first-order valence-corrected chi connectivity index (χ1v) is 10.6. The number of nitrogens with zero attached hydrogens (tertiary/aromatic N) is 5. The second-order valence-electron chi connectivity index (χ2n) is 8.42. The lowest BCUT2D eigenvalue weighted by molar-refractivity contribution is 0.0891. The molecule has 4 atom stereocenters. The Hall–Kier alpha value is -3.17. The summed E-state index contributed by atoms with van der Waals surface area (Å²) in [5, 5.41) is 5.30. The largest absolute Gasteiger partial charge is 0.396 e. The van der Waals surface area contributed by atoms with E-state index in [1.54, 1.807) is 12.3 Å². The molecule has 2 aromatic carbocycles. The van der Waals surface area contributed by atoms with Crippen LogP contribution in [-0.4, -0.2) is 58.2 Å². The molecule has 0 amide bonds. The standard InChI is InChI=1S/C23H25F2N7/c1-31-21-5-3-13(8-15(21)10-29-31)16-11-28-23(32-7-6-20(27)18(25)12-32)30-22(16)14-2-4-19(26)17(24)9-14/h2-5,8-11,16,18,20,23H,6-7,12,26-27H2,1H3. The van der Waals surface area contributed by atoms with E-state index >= 15 is 0 Å². The molecule has 1 fully saturated rings. The highest BCUT2D eigenvalue weighted by atomic mass is 19.1. The van der Waals surface area contributed by atoms with Gasteiger partial charge in [-0.1, -0.05) is 12.1 Å². The van der Waals surface area contributed by atoms with Gasteiger partial charge >= 0.3 is 0 Å². The number of hydrogen-bond donors (Lipinski definition) is 2. The molecule has 4 N–H and O–H groups in total. The number of nitrogens with two attached hydrogens (primary N) is 2. The van der Waals surface area contributed by atoms with Crippen LogP contribution in [0.4, 0.5) is 14.5 Å². The Bertz CT molecular complexity index is 1220. The van der Waals surface area contributed by atoms with Crippen molar-refractivity contribution >= 4 is 28.5 Å². The van der Waals surface area contributed by atoms with E-state index in [-0.39, 0.29) is 18.2 Å². The van der Waals surface area contributed by atoms with Crippen LogP contribution < -0.4 is 11.5 Å². The fourth-order valence-electron chi connectivity index (χ4n) is 4.36. The first-order chi connectivity index (χ1) is 15.4. The first kappa shape index (κ1) is 20.7. The molecule has 32 heavy (non-hydrogen) atoms. The van der Waals surface area contributed by atoms with E-state index in [1.165, 1.54) is 12.1 Å². The van der Waals surface area contributed by atoms with Gasteiger partial charge in [-0.25, -0.2) is 13.8 Å². The predicted octanol–water partition coefficient (Wildman–Crippen LogP) is 2.61. The van der Waals surface area contributed by atoms with Crippen LogP contribution in [0.5, 0.6) is 0 Å². The fourth-order valence-corrected chi connectivity index (χ4v) is 4.36. The van der Waals surface area contributed by atoms with Crippen LogP contribution in [0.2, 0.25) is 0 Å². The van der Waals surface area contributed by atoms with Gasteiger partial charge in [-0.3, -0.25) is 14.6 Å². The Morgan fingerprint density at radius 3 is 2.78 bits per heavy atom. The number of benzene rings is 2. The maximum atomic E-state index is 14.3. The van der Waals surface area contributed by atoms with Crippen LogP contribution in [0.1, 0.15) is 23.5 Å². The highest BCUT2D eigenvalue weighted by Gasteiger charge is 2.33. The van der Waals surface area contributed by atoms with Crippen molar-refractivity contribution in [2.45, 2.75) is 30.8 Å². The molecule has 0 radical (unpaired) electrons. The van der Waals surface area contributed by atoms with Crippen LogP contribution in [0.25, 0.3) is 10.9 Å². The number of piperidine rings is 1. The van der Waals surface area contributed by atoms with Gasteiger partial charge in [0.15, 0.2) is 6.29 Å². The van der Waals surface area contributed by atoms with Crippen LogP contribution in [0.3, 0.4) is 0 Å². The van der Waals surface area contributed by atoms with E-state index in [2.05, 4.69) is 10.1 Å². The highest BCUT2D eigenvalue weighted by molar-refractivity contribution is 6.15. The quantitative estimate of drug-likeness (QED) is 0.616. The van der Waals surface area contributed by atoms with E-state index < -0.39 is 24.3 Å². The summed E-state index contributed by atoms with van der Waals surface area (Å²) in [6, 6.07) is 10.3. The maximum Gasteiger partial charge on any atom is 0.196 e. The van der Waals surface area contributed by atoms with Gasteiger partial charge in [0.1, 0.15) is 12.0 Å². The zero-order valence-corrected chi connectivity index (χ0v) is 17.7. The number of likely N-dealkylation sites (tertiary alicyclic amines) is 1. The number of aromatic nitrogens is 2. The Morgan fingerprint density at radius 1 is 1.16 bits per heavy atom. The molecule has 1 aromatic heterocycles. The molecule has 9 heteroatoms. The number of aliphatic imine (C=N–C) groups is 2. The van der Waals surface area contributed by atoms with Gasteiger partial charge in [0.2, 0.25) is 0 Å². The van der Waals surface area contributed by atoms with Gasteiger partial charge < -0.3 is 11.5 Å². The number of halogens is 2. The minimum atomic E-state index is -1.13. The lowest BCUT2D eigenvalue weighted by Crippen LogP contribution is -2.51. The van der Waals surface area contributed by atoms with E-state index in [0.717, 1.165) is 16.5 Å². The average molecular weight is 437 g/mol. The third-order valence-electron chi connectivity index (χ3n) is 6.29. The van der Waals surface area contributed by atoms with E-state index in [0.29, 0.717) is 24.2 Å². The van der Waals surface area contributed by atoms with Crippen molar-refractivity contribution in [1.29, 1.82) is 0 Å². The monoisotopic (exact) mass is 437 g/mol. The number of fused-ring (bicyclic) bond motifs is 1. The first-order valence-electron chi connectivity index (χ1n) is 10.6. The minimum Gasteiger partial charge on any atom is -0.396 e. The molecule has 4 unspecified atom stereocenters. The molecule has 2 aliphatic rings. The fraction of sp³-hybridized carbons (Fsp3) is 0.348. The van der Waals surface area contributed by atoms with Crippen molar-refractivity contribution in [3.8, 4) is 0 Å². The molecular formula is C23H25F2N7. The van der Waals surface area contributed by atoms with Crippen LogP contribution >= 0.6 is 0 Å². The Morgan fingerprint density at radius 2 is 2.00 bits per heavy atom. The second kappa shape index (κ2) is 8.07. The van der Waals surface area contributed by atoms with Crippen molar-refractivity contribution in [1.82, 2.24) is 14.7 Å². The SMILES string of the molecule is Cn1ncc2cc(C3C=NC(N4CCC(N)C(F)C4)N=C3c3ccc(N)c(F)c3)ccc21. The molecule has 166 valence electrons. The van der Waals surface area contributed by atoms with Crippen LogP contribution in [0.15, 0.2) is 52.6 Å². The third kappa shape index (κ3) is 3.67. The Labute approximate surface area is 184 Å². The van der Waals surface area contributed by atoms with Crippen molar-refractivity contribution in [3.05, 3.63) is 59.5 Å². The molecule has 3 aromatic rings. The minimum absolute atomic E-state index is 0.0778.